The van der Waals surface area contributed by atoms with E-state index in [1.54, 1.807) is 0 Å². The standard InChI is InChI=1S/C15H30/c1-5-13(3)15(14(4)6-2)11-9-7-8-10-12-15/h13-14H,5-12H2,1-4H3. The Hall–Kier alpha value is 0. The van der Waals surface area contributed by atoms with Gasteiger partial charge in [0, 0.05) is 0 Å². The lowest BCUT2D eigenvalue weighted by atomic mass is 9.62. The molecule has 0 aromatic carbocycles. The Balaban J connectivity index is 2.81. The van der Waals surface area contributed by atoms with Crippen LogP contribution in [0.15, 0.2) is 0 Å². The fraction of sp³-hybridized carbons (Fsp3) is 1.00. The van der Waals surface area contributed by atoms with Crippen molar-refractivity contribution in [3.05, 3.63) is 0 Å². The Bertz CT molecular complexity index is 151. The van der Waals surface area contributed by atoms with E-state index in [1.807, 2.05) is 0 Å². The smallest absolute Gasteiger partial charge is 0.0246 e. The molecule has 1 fully saturated rings. The van der Waals surface area contributed by atoms with Gasteiger partial charge in [-0.1, -0.05) is 66.2 Å². The van der Waals surface area contributed by atoms with Crippen LogP contribution in [0.1, 0.15) is 79.1 Å². The van der Waals surface area contributed by atoms with E-state index in [-0.39, 0.29) is 0 Å². The van der Waals surface area contributed by atoms with Gasteiger partial charge in [0.2, 0.25) is 0 Å². The highest BCUT2D eigenvalue weighted by atomic mass is 14.4. The van der Waals surface area contributed by atoms with Gasteiger partial charge < -0.3 is 0 Å². The summed E-state index contributed by atoms with van der Waals surface area (Å²) in [5.74, 6) is 1.84. The number of rotatable bonds is 4. The molecule has 0 spiro atoms. The molecule has 0 bridgehead atoms. The number of hydrogen-bond donors (Lipinski definition) is 0. The first-order chi connectivity index (χ1) is 7.17. The van der Waals surface area contributed by atoms with E-state index in [4.69, 9.17) is 0 Å². The first kappa shape index (κ1) is 13.1. The number of hydrogen-bond acceptors (Lipinski definition) is 0. The van der Waals surface area contributed by atoms with Crippen LogP contribution < -0.4 is 0 Å². The Morgan fingerprint density at radius 1 is 0.800 bits per heavy atom. The van der Waals surface area contributed by atoms with Crippen molar-refractivity contribution in [1.29, 1.82) is 0 Å². The monoisotopic (exact) mass is 210 g/mol. The third kappa shape index (κ3) is 2.77. The van der Waals surface area contributed by atoms with Gasteiger partial charge >= 0.3 is 0 Å². The van der Waals surface area contributed by atoms with Crippen LogP contribution in [0.4, 0.5) is 0 Å². The van der Waals surface area contributed by atoms with E-state index in [0.717, 1.165) is 11.8 Å². The minimum atomic E-state index is 0.681. The molecule has 0 radical (unpaired) electrons. The van der Waals surface area contributed by atoms with Crippen LogP contribution >= 0.6 is 0 Å². The van der Waals surface area contributed by atoms with Gasteiger partial charge in [-0.25, -0.2) is 0 Å². The van der Waals surface area contributed by atoms with Crippen LogP contribution in [0, 0.1) is 17.3 Å². The van der Waals surface area contributed by atoms with Crippen LogP contribution in [-0.2, 0) is 0 Å². The summed E-state index contributed by atoms with van der Waals surface area (Å²) in [6.07, 6.45) is 11.6. The quantitative estimate of drug-likeness (QED) is 0.544. The van der Waals surface area contributed by atoms with Gasteiger partial charge in [0.25, 0.3) is 0 Å². The molecule has 90 valence electrons. The third-order valence-electron chi connectivity index (χ3n) is 5.22. The maximum atomic E-state index is 2.50. The Kier molecular flexibility index (Phi) is 5.15. The molecule has 0 aromatic heterocycles. The molecule has 2 unspecified atom stereocenters. The van der Waals surface area contributed by atoms with Crippen molar-refractivity contribution < 1.29 is 0 Å². The van der Waals surface area contributed by atoms with E-state index in [1.165, 1.54) is 51.4 Å². The zero-order valence-corrected chi connectivity index (χ0v) is 11.3. The van der Waals surface area contributed by atoms with Crippen molar-refractivity contribution in [2.45, 2.75) is 79.1 Å². The molecule has 0 saturated heterocycles. The van der Waals surface area contributed by atoms with Gasteiger partial charge in [0.05, 0.1) is 0 Å². The lowest BCUT2D eigenvalue weighted by Crippen LogP contribution is -2.34. The second kappa shape index (κ2) is 5.92. The molecule has 1 rings (SSSR count). The van der Waals surface area contributed by atoms with Gasteiger partial charge in [-0.3, -0.25) is 0 Å². The van der Waals surface area contributed by atoms with Crippen molar-refractivity contribution in [1.82, 2.24) is 0 Å². The van der Waals surface area contributed by atoms with E-state index in [9.17, 15) is 0 Å². The highest BCUT2D eigenvalue weighted by Gasteiger charge is 2.39. The van der Waals surface area contributed by atoms with Gasteiger partial charge in [-0.2, -0.15) is 0 Å². The third-order valence-corrected chi connectivity index (χ3v) is 5.22. The molecular weight excluding hydrogens is 180 g/mol. The van der Waals surface area contributed by atoms with E-state index in [0.29, 0.717) is 5.41 Å². The summed E-state index contributed by atoms with van der Waals surface area (Å²) in [5.41, 5.74) is 0.681. The van der Waals surface area contributed by atoms with Crippen LogP contribution in [0.2, 0.25) is 0 Å². The van der Waals surface area contributed by atoms with Crippen molar-refractivity contribution >= 4 is 0 Å². The predicted molar refractivity (Wildman–Crippen MR) is 69.0 cm³/mol. The van der Waals surface area contributed by atoms with Crippen molar-refractivity contribution in [2.75, 3.05) is 0 Å². The normalized spacial score (nSPS) is 25.6. The van der Waals surface area contributed by atoms with E-state index in [2.05, 4.69) is 27.7 Å². The molecule has 0 heteroatoms. The Morgan fingerprint density at radius 2 is 1.20 bits per heavy atom. The Morgan fingerprint density at radius 3 is 1.53 bits per heavy atom. The minimum Gasteiger partial charge on any atom is -0.0651 e. The van der Waals surface area contributed by atoms with Crippen molar-refractivity contribution in [2.24, 2.45) is 17.3 Å². The van der Waals surface area contributed by atoms with Crippen LogP contribution in [0.3, 0.4) is 0 Å². The SMILES string of the molecule is CCC(C)C1(C(C)CC)CCCCCC1. The van der Waals surface area contributed by atoms with Crippen molar-refractivity contribution in [3.8, 4) is 0 Å². The van der Waals surface area contributed by atoms with Gasteiger partial charge in [0.1, 0.15) is 0 Å². The molecule has 0 aliphatic heterocycles. The summed E-state index contributed by atoms with van der Waals surface area (Å²) in [6, 6.07) is 0. The van der Waals surface area contributed by atoms with Crippen LogP contribution in [0.25, 0.3) is 0 Å². The topological polar surface area (TPSA) is 0 Å². The molecule has 0 N–H and O–H groups in total. The highest BCUT2D eigenvalue weighted by molar-refractivity contribution is 4.89. The Labute approximate surface area is 96.8 Å². The van der Waals surface area contributed by atoms with Crippen LogP contribution in [-0.4, -0.2) is 0 Å². The molecule has 0 aromatic rings. The summed E-state index contributed by atoms with van der Waals surface area (Å²) in [6.45, 7) is 9.74. The lowest BCUT2D eigenvalue weighted by molar-refractivity contribution is 0.0625. The maximum Gasteiger partial charge on any atom is -0.0246 e. The van der Waals surface area contributed by atoms with Gasteiger partial charge in [-0.15, -0.1) is 0 Å². The fourth-order valence-electron chi connectivity index (χ4n) is 3.67. The van der Waals surface area contributed by atoms with E-state index >= 15 is 0 Å². The first-order valence-electron chi connectivity index (χ1n) is 7.17. The molecule has 0 amide bonds. The molecule has 15 heavy (non-hydrogen) atoms. The molecule has 0 nitrogen and oxygen atoms in total. The summed E-state index contributed by atoms with van der Waals surface area (Å²) >= 11 is 0. The minimum absolute atomic E-state index is 0.681. The molecule has 1 saturated carbocycles. The zero-order valence-electron chi connectivity index (χ0n) is 11.3. The summed E-state index contributed by atoms with van der Waals surface area (Å²) < 4.78 is 0. The lowest BCUT2D eigenvalue weighted by Gasteiger charge is -2.43. The van der Waals surface area contributed by atoms with Crippen molar-refractivity contribution in [3.63, 3.8) is 0 Å². The van der Waals surface area contributed by atoms with Gasteiger partial charge in [0.15, 0.2) is 0 Å². The molecular formula is C15H30. The van der Waals surface area contributed by atoms with E-state index < -0.39 is 0 Å². The average Bonchev–Trinajstić information content (AvgIpc) is 2.53. The fourth-order valence-corrected chi connectivity index (χ4v) is 3.67. The summed E-state index contributed by atoms with van der Waals surface area (Å²) in [4.78, 5) is 0. The average molecular weight is 210 g/mol. The largest absolute Gasteiger partial charge is 0.0651 e. The second-order valence-electron chi connectivity index (χ2n) is 5.77. The molecule has 2 atom stereocenters. The molecule has 0 heterocycles. The second-order valence-corrected chi connectivity index (χ2v) is 5.77. The summed E-state index contributed by atoms with van der Waals surface area (Å²) in [7, 11) is 0. The maximum absolute atomic E-state index is 2.50. The molecule has 1 aliphatic rings. The first-order valence-corrected chi connectivity index (χ1v) is 7.17. The zero-order chi connectivity index (χ0) is 11.3. The summed E-state index contributed by atoms with van der Waals surface area (Å²) in [5, 5.41) is 0. The van der Waals surface area contributed by atoms with Gasteiger partial charge in [-0.05, 0) is 30.1 Å². The predicted octanol–water partition coefficient (Wildman–Crippen LogP) is 5.42. The highest BCUT2D eigenvalue weighted by Crippen LogP contribution is 2.49. The molecule has 1 aliphatic carbocycles. The van der Waals surface area contributed by atoms with Crippen LogP contribution in [0.5, 0.6) is 0 Å².